The van der Waals surface area contributed by atoms with Crippen LogP contribution in [0.25, 0.3) is 11.3 Å². The number of aromatic nitrogens is 1. The number of rotatable bonds is 5. The predicted molar refractivity (Wildman–Crippen MR) is 116 cm³/mol. The van der Waals surface area contributed by atoms with Gasteiger partial charge >= 0.3 is 0 Å². The molecule has 0 saturated carbocycles. The number of anilines is 2. The molecule has 0 aliphatic carbocycles. The molecule has 2 heterocycles. The van der Waals surface area contributed by atoms with E-state index in [-0.39, 0.29) is 5.91 Å². The van der Waals surface area contributed by atoms with E-state index < -0.39 is 0 Å². The van der Waals surface area contributed by atoms with Crippen molar-refractivity contribution in [3.05, 3.63) is 65.5 Å². The van der Waals surface area contributed by atoms with Crippen LogP contribution in [-0.2, 0) is 4.79 Å². The van der Waals surface area contributed by atoms with E-state index in [1.807, 2.05) is 49.4 Å². The summed E-state index contributed by atoms with van der Waals surface area (Å²) in [7, 11) is 0. The molecule has 0 spiro atoms. The molecule has 144 valence electrons. The molecule has 1 fully saturated rings. The highest BCUT2D eigenvalue weighted by molar-refractivity contribution is 7.14. The molecule has 28 heavy (non-hydrogen) atoms. The molecular formula is C22H24N4OS. The number of carbonyl (C=O) groups is 1. The van der Waals surface area contributed by atoms with Crippen LogP contribution in [0, 0.1) is 6.92 Å². The summed E-state index contributed by atoms with van der Waals surface area (Å²) in [5.74, 6) is 0.0448. The fraction of sp³-hybridized carbons (Fsp3) is 0.273. The first-order valence-corrected chi connectivity index (χ1v) is 10.4. The Hall–Kier alpha value is -2.70. The van der Waals surface area contributed by atoms with E-state index in [0.29, 0.717) is 6.54 Å². The quantitative estimate of drug-likeness (QED) is 0.716. The molecule has 1 aliphatic heterocycles. The smallest absolute Gasteiger partial charge is 0.238 e. The highest BCUT2D eigenvalue weighted by atomic mass is 32.1. The first kappa shape index (κ1) is 18.7. The number of hydrogen-bond donors (Lipinski definition) is 1. The van der Waals surface area contributed by atoms with Crippen molar-refractivity contribution in [2.75, 3.05) is 42.9 Å². The van der Waals surface area contributed by atoms with Gasteiger partial charge in [0.15, 0.2) is 5.13 Å². The van der Waals surface area contributed by atoms with Gasteiger partial charge in [-0.25, -0.2) is 4.98 Å². The van der Waals surface area contributed by atoms with Crippen LogP contribution < -0.4 is 10.2 Å². The minimum absolute atomic E-state index is 0.0448. The van der Waals surface area contributed by atoms with E-state index in [4.69, 9.17) is 4.98 Å². The Morgan fingerprint density at radius 2 is 1.75 bits per heavy atom. The molecule has 1 N–H and O–H groups in total. The van der Waals surface area contributed by atoms with Crippen LogP contribution in [0.4, 0.5) is 10.8 Å². The second kappa shape index (κ2) is 8.54. The third kappa shape index (κ3) is 4.40. The molecule has 0 unspecified atom stereocenters. The highest BCUT2D eigenvalue weighted by Gasteiger charge is 2.21. The number of para-hydroxylation sites is 1. The second-order valence-electron chi connectivity index (χ2n) is 7.01. The van der Waals surface area contributed by atoms with Crippen molar-refractivity contribution in [2.24, 2.45) is 0 Å². The summed E-state index contributed by atoms with van der Waals surface area (Å²) in [6.07, 6.45) is 0. The molecule has 3 aromatic rings. The molecule has 2 aromatic carbocycles. The van der Waals surface area contributed by atoms with Crippen molar-refractivity contribution < 1.29 is 4.79 Å². The van der Waals surface area contributed by atoms with Gasteiger partial charge in [0.25, 0.3) is 0 Å². The Balaban J connectivity index is 1.30. The van der Waals surface area contributed by atoms with Gasteiger partial charge in [-0.05, 0) is 18.6 Å². The first-order chi connectivity index (χ1) is 13.7. The van der Waals surface area contributed by atoms with Crippen LogP contribution >= 0.6 is 11.3 Å². The molecule has 5 nitrogen and oxygen atoms in total. The molecule has 1 saturated heterocycles. The highest BCUT2D eigenvalue weighted by Crippen LogP contribution is 2.27. The molecular weight excluding hydrogens is 368 g/mol. The summed E-state index contributed by atoms with van der Waals surface area (Å²) in [5, 5.41) is 6.19. The lowest BCUT2D eigenvalue weighted by Gasteiger charge is -2.34. The second-order valence-corrected chi connectivity index (χ2v) is 7.84. The Morgan fingerprint density at radius 3 is 2.50 bits per heavy atom. The Morgan fingerprint density at radius 1 is 1.04 bits per heavy atom. The van der Waals surface area contributed by atoms with Gasteiger partial charge in [-0.2, -0.15) is 0 Å². The van der Waals surface area contributed by atoms with Gasteiger partial charge in [0.2, 0.25) is 5.91 Å². The summed E-state index contributed by atoms with van der Waals surface area (Å²) in [5.41, 5.74) is 4.15. The van der Waals surface area contributed by atoms with Crippen molar-refractivity contribution >= 4 is 28.1 Å². The number of carbonyl (C=O) groups excluding carboxylic acids is 1. The minimum Gasteiger partial charge on any atom is -0.346 e. The van der Waals surface area contributed by atoms with Crippen LogP contribution in [-0.4, -0.2) is 48.5 Å². The first-order valence-electron chi connectivity index (χ1n) is 9.53. The van der Waals surface area contributed by atoms with Crippen molar-refractivity contribution in [3.8, 4) is 11.3 Å². The van der Waals surface area contributed by atoms with E-state index in [9.17, 15) is 4.79 Å². The van der Waals surface area contributed by atoms with E-state index in [1.165, 1.54) is 0 Å². The zero-order chi connectivity index (χ0) is 19.3. The maximum Gasteiger partial charge on any atom is 0.238 e. The van der Waals surface area contributed by atoms with Gasteiger partial charge in [-0.3, -0.25) is 9.69 Å². The van der Waals surface area contributed by atoms with E-state index in [0.717, 1.165) is 53.8 Å². The number of nitrogens with one attached hydrogen (secondary N) is 1. The van der Waals surface area contributed by atoms with Gasteiger partial charge in [-0.1, -0.05) is 48.5 Å². The maximum atomic E-state index is 12.4. The predicted octanol–water partition coefficient (Wildman–Crippen LogP) is 3.88. The summed E-state index contributed by atoms with van der Waals surface area (Å²) in [4.78, 5) is 21.7. The number of hydrogen-bond acceptors (Lipinski definition) is 5. The normalized spacial score (nSPS) is 14.8. The summed E-state index contributed by atoms with van der Waals surface area (Å²) >= 11 is 1.69. The average molecular weight is 393 g/mol. The fourth-order valence-corrected chi connectivity index (χ4v) is 4.24. The Kier molecular flexibility index (Phi) is 5.69. The lowest BCUT2D eigenvalue weighted by molar-refractivity contribution is -0.117. The number of nitrogens with zero attached hydrogens (tertiary/aromatic N) is 3. The number of piperazine rings is 1. The monoisotopic (exact) mass is 392 g/mol. The number of amides is 1. The van der Waals surface area contributed by atoms with Gasteiger partial charge < -0.3 is 10.2 Å². The third-order valence-corrected chi connectivity index (χ3v) is 5.89. The Labute approximate surface area is 169 Å². The zero-order valence-electron chi connectivity index (χ0n) is 16.0. The van der Waals surface area contributed by atoms with Gasteiger partial charge in [0, 0.05) is 42.8 Å². The third-order valence-electron chi connectivity index (χ3n) is 4.99. The lowest BCUT2D eigenvalue weighted by atomic mass is 10.2. The Bertz CT molecular complexity index is 932. The molecule has 6 heteroatoms. The summed E-state index contributed by atoms with van der Waals surface area (Å²) < 4.78 is 0. The van der Waals surface area contributed by atoms with Crippen LogP contribution in [0.2, 0.25) is 0 Å². The van der Waals surface area contributed by atoms with E-state index in [2.05, 4.69) is 32.6 Å². The van der Waals surface area contributed by atoms with Crippen molar-refractivity contribution in [2.45, 2.75) is 6.92 Å². The summed E-state index contributed by atoms with van der Waals surface area (Å²) in [6, 6.07) is 18.1. The standard InChI is InChI=1S/C22H24N4OS/c1-17-7-5-6-10-19(17)23-21(27)15-25-11-13-26(14-12-25)22-24-20(16-28-22)18-8-3-2-4-9-18/h2-10,16H,11-15H2,1H3,(H,23,27). The van der Waals surface area contributed by atoms with Crippen molar-refractivity contribution in [1.82, 2.24) is 9.88 Å². The SMILES string of the molecule is Cc1ccccc1NC(=O)CN1CCN(c2nc(-c3ccccc3)cs2)CC1. The van der Waals surface area contributed by atoms with Gasteiger partial charge in [0.05, 0.1) is 12.2 Å². The lowest BCUT2D eigenvalue weighted by Crippen LogP contribution is -2.48. The topological polar surface area (TPSA) is 48.5 Å². The van der Waals surface area contributed by atoms with Crippen LogP contribution in [0.5, 0.6) is 0 Å². The van der Waals surface area contributed by atoms with Crippen LogP contribution in [0.1, 0.15) is 5.56 Å². The number of benzene rings is 2. The van der Waals surface area contributed by atoms with Crippen molar-refractivity contribution in [3.63, 3.8) is 0 Å². The zero-order valence-corrected chi connectivity index (χ0v) is 16.8. The molecule has 0 atom stereocenters. The van der Waals surface area contributed by atoms with Crippen molar-refractivity contribution in [1.29, 1.82) is 0 Å². The molecule has 1 aliphatic rings. The average Bonchev–Trinajstić information content (AvgIpc) is 3.21. The van der Waals surface area contributed by atoms with E-state index in [1.54, 1.807) is 11.3 Å². The van der Waals surface area contributed by atoms with Gasteiger partial charge in [0.1, 0.15) is 0 Å². The van der Waals surface area contributed by atoms with E-state index >= 15 is 0 Å². The van der Waals surface area contributed by atoms with Crippen LogP contribution in [0.15, 0.2) is 60.0 Å². The molecule has 0 radical (unpaired) electrons. The number of thiazole rings is 1. The van der Waals surface area contributed by atoms with Crippen LogP contribution in [0.3, 0.4) is 0 Å². The maximum absolute atomic E-state index is 12.4. The molecule has 1 aromatic heterocycles. The molecule has 1 amide bonds. The minimum atomic E-state index is 0.0448. The summed E-state index contributed by atoms with van der Waals surface area (Å²) in [6.45, 7) is 5.93. The molecule has 0 bridgehead atoms. The number of aryl methyl sites for hydroxylation is 1. The molecule has 4 rings (SSSR count). The van der Waals surface area contributed by atoms with Gasteiger partial charge in [-0.15, -0.1) is 11.3 Å². The fourth-order valence-electron chi connectivity index (χ4n) is 3.35. The largest absolute Gasteiger partial charge is 0.346 e.